The molecule has 5 nitrogen and oxygen atoms in total. The lowest BCUT2D eigenvalue weighted by Crippen LogP contribution is -2.51. The fraction of sp³-hybridized carbons (Fsp3) is 0.933. The zero-order valence-electron chi connectivity index (χ0n) is 13.0. The zero-order valence-corrected chi connectivity index (χ0v) is 13.8. The third-order valence-electron chi connectivity index (χ3n) is 4.70. The summed E-state index contributed by atoms with van der Waals surface area (Å²) in [6.45, 7) is 5.07. The topological polar surface area (TPSA) is 48.9 Å². The Morgan fingerprint density at radius 2 is 2.19 bits per heavy atom. The number of aliphatic imine (C=N–C) groups is 1. The minimum absolute atomic E-state index is 0.291. The highest BCUT2D eigenvalue weighted by molar-refractivity contribution is 8.00. The second-order valence-electron chi connectivity index (χ2n) is 6.22. The number of hydrogen-bond acceptors (Lipinski definition) is 4. The second kappa shape index (κ2) is 7.70. The van der Waals surface area contributed by atoms with Gasteiger partial charge in [0, 0.05) is 38.0 Å². The highest BCUT2D eigenvalue weighted by Gasteiger charge is 2.32. The Balaban J connectivity index is 1.36. The van der Waals surface area contributed by atoms with E-state index < -0.39 is 0 Å². The normalized spacial score (nSPS) is 34.0. The van der Waals surface area contributed by atoms with Crippen molar-refractivity contribution in [2.24, 2.45) is 4.99 Å². The first-order chi connectivity index (χ1) is 10.3. The van der Waals surface area contributed by atoms with Crippen LogP contribution in [0.2, 0.25) is 0 Å². The number of ether oxygens (including phenoxy) is 1. The van der Waals surface area contributed by atoms with Gasteiger partial charge in [0.05, 0.1) is 12.7 Å². The molecule has 6 heteroatoms. The summed E-state index contributed by atoms with van der Waals surface area (Å²) in [6, 6.07) is 0.679. The highest BCUT2D eigenvalue weighted by atomic mass is 32.2. The van der Waals surface area contributed by atoms with E-state index >= 15 is 0 Å². The van der Waals surface area contributed by atoms with Crippen LogP contribution >= 0.6 is 11.8 Å². The first kappa shape index (κ1) is 15.4. The van der Waals surface area contributed by atoms with Crippen molar-refractivity contribution in [1.82, 2.24) is 15.5 Å². The molecule has 3 atom stereocenters. The Morgan fingerprint density at radius 1 is 1.29 bits per heavy atom. The maximum Gasteiger partial charge on any atom is 0.191 e. The number of nitrogens with zero attached hydrogens (tertiary/aromatic N) is 2. The van der Waals surface area contributed by atoms with Gasteiger partial charge in [0.1, 0.15) is 0 Å². The van der Waals surface area contributed by atoms with Gasteiger partial charge >= 0.3 is 0 Å². The molecule has 0 radical (unpaired) electrons. The molecule has 3 saturated heterocycles. The van der Waals surface area contributed by atoms with Crippen LogP contribution in [0.5, 0.6) is 0 Å². The van der Waals surface area contributed by atoms with Crippen LogP contribution in [0.4, 0.5) is 0 Å². The first-order valence-electron chi connectivity index (χ1n) is 8.27. The number of guanidine groups is 1. The van der Waals surface area contributed by atoms with Crippen LogP contribution in [0, 0.1) is 0 Å². The molecule has 120 valence electrons. The summed E-state index contributed by atoms with van der Waals surface area (Å²) in [5, 5.41) is 7.62. The minimum atomic E-state index is 0.291. The second-order valence-corrected chi connectivity index (χ2v) is 7.62. The van der Waals surface area contributed by atoms with Crippen LogP contribution in [0.3, 0.4) is 0 Å². The van der Waals surface area contributed by atoms with Crippen molar-refractivity contribution < 1.29 is 4.74 Å². The average Bonchev–Trinajstić information content (AvgIpc) is 3.18. The molecule has 0 aliphatic carbocycles. The molecule has 0 aromatic rings. The third-order valence-corrected chi connectivity index (χ3v) is 6.10. The lowest BCUT2D eigenvalue weighted by molar-refractivity contribution is -0.0453. The van der Waals surface area contributed by atoms with Crippen molar-refractivity contribution >= 4 is 17.7 Å². The summed E-state index contributed by atoms with van der Waals surface area (Å²) >= 11 is 2.07. The fourth-order valence-corrected chi connectivity index (χ4v) is 4.66. The lowest BCUT2D eigenvalue weighted by atomic mass is 10.2. The van der Waals surface area contributed by atoms with E-state index in [-0.39, 0.29) is 0 Å². The van der Waals surface area contributed by atoms with E-state index in [1.807, 2.05) is 7.05 Å². The van der Waals surface area contributed by atoms with E-state index in [2.05, 4.69) is 32.3 Å². The Morgan fingerprint density at radius 3 is 3.00 bits per heavy atom. The molecule has 0 spiro atoms. The van der Waals surface area contributed by atoms with E-state index in [0.717, 1.165) is 37.5 Å². The van der Waals surface area contributed by atoms with Gasteiger partial charge in [-0.1, -0.05) is 0 Å². The van der Waals surface area contributed by atoms with Crippen LogP contribution in [0.1, 0.15) is 25.7 Å². The Hall–Kier alpha value is -0.460. The molecule has 0 saturated carbocycles. The predicted molar refractivity (Wildman–Crippen MR) is 89.2 cm³/mol. The zero-order chi connectivity index (χ0) is 14.5. The maximum atomic E-state index is 5.97. The number of hydrogen-bond donors (Lipinski definition) is 2. The maximum absolute atomic E-state index is 5.97. The molecule has 2 N–H and O–H groups in total. The van der Waals surface area contributed by atoms with Gasteiger partial charge < -0.3 is 15.4 Å². The van der Waals surface area contributed by atoms with Gasteiger partial charge in [-0.25, -0.2) is 0 Å². The number of fused-ring (bicyclic) bond motifs is 1. The minimum Gasteiger partial charge on any atom is -0.373 e. The average molecular weight is 312 g/mol. The van der Waals surface area contributed by atoms with E-state index in [0.29, 0.717) is 12.1 Å². The molecule has 3 fully saturated rings. The largest absolute Gasteiger partial charge is 0.373 e. The molecule has 0 aromatic carbocycles. The SMILES string of the molecule is CN=C(NCC1CN2CCCC2CO1)NCC1CCCS1. The van der Waals surface area contributed by atoms with Crippen LogP contribution in [0.15, 0.2) is 4.99 Å². The molecule has 0 amide bonds. The quantitative estimate of drug-likeness (QED) is 0.597. The lowest BCUT2D eigenvalue weighted by Gasteiger charge is -2.35. The molecule has 3 unspecified atom stereocenters. The standard InChI is InChI=1S/C15H28N4OS/c1-16-15(18-9-14-5-3-7-21-14)17-8-13-10-19-6-2-4-12(19)11-20-13/h12-14H,2-11H2,1H3,(H2,16,17,18). The van der Waals surface area contributed by atoms with Crippen LogP contribution < -0.4 is 10.6 Å². The van der Waals surface area contributed by atoms with Crippen molar-refractivity contribution in [3.05, 3.63) is 0 Å². The van der Waals surface area contributed by atoms with Crippen molar-refractivity contribution in [1.29, 1.82) is 0 Å². The van der Waals surface area contributed by atoms with Crippen molar-refractivity contribution in [3.8, 4) is 0 Å². The summed E-state index contributed by atoms with van der Waals surface area (Å²) in [4.78, 5) is 6.90. The molecular weight excluding hydrogens is 284 g/mol. The van der Waals surface area contributed by atoms with Gasteiger partial charge in [0.25, 0.3) is 0 Å². The number of morpholine rings is 1. The monoisotopic (exact) mass is 312 g/mol. The molecule has 0 bridgehead atoms. The van der Waals surface area contributed by atoms with E-state index in [4.69, 9.17) is 4.74 Å². The third kappa shape index (κ3) is 4.27. The number of rotatable bonds is 4. The molecular formula is C15H28N4OS. The number of thioether (sulfide) groups is 1. The van der Waals surface area contributed by atoms with Gasteiger partial charge in [-0.05, 0) is 38.0 Å². The smallest absolute Gasteiger partial charge is 0.191 e. The molecule has 0 aromatic heterocycles. The molecule has 3 aliphatic heterocycles. The summed E-state index contributed by atoms with van der Waals surface area (Å²) in [6.07, 6.45) is 5.62. The summed E-state index contributed by atoms with van der Waals surface area (Å²) in [5.41, 5.74) is 0. The van der Waals surface area contributed by atoms with Crippen LogP contribution in [0.25, 0.3) is 0 Å². The Kier molecular flexibility index (Phi) is 5.66. The van der Waals surface area contributed by atoms with E-state index in [1.54, 1.807) is 0 Å². The fourth-order valence-electron chi connectivity index (χ4n) is 3.46. The van der Waals surface area contributed by atoms with Gasteiger partial charge in [-0.15, -0.1) is 0 Å². The Bertz CT molecular complexity index is 360. The molecule has 3 aliphatic rings. The number of nitrogens with one attached hydrogen (secondary N) is 2. The van der Waals surface area contributed by atoms with Gasteiger partial charge in [0.15, 0.2) is 5.96 Å². The van der Waals surface area contributed by atoms with Gasteiger partial charge in [-0.2, -0.15) is 11.8 Å². The van der Waals surface area contributed by atoms with Gasteiger partial charge in [0.2, 0.25) is 0 Å². The van der Waals surface area contributed by atoms with Crippen LogP contribution in [-0.2, 0) is 4.74 Å². The first-order valence-corrected chi connectivity index (χ1v) is 9.32. The van der Waals surface area contributed by atoms with Gasteiger partial charge in [-0.3, -0.25) is 9.89 Å². The van der Waals surface area contributed by atoms with E-state index in [1.165, 1.54) is 38.0 Å². The highest BCUT2D eigenvalue weighted by Crippen LogP contribution is 2.25. The van der Waals surface area contributed by atoms with E-state index in [9.17, 15) is 0 Å². The summed E-state index contributed by atoms with van der Waals surface area (Å²) in [5.74, 6) is 2.22. The summed E-state index contributed by atoms with van der Waals surface area (Å²) < 4.78 is 5.97. The Labute approximate surface area is 132 Å². The predicted octanol–water partition coefficient (Wildman–Crippen LogP) is 0.910. The van der Waals surface area contributed by atoms with Crippen molar-refractivity contribution in [2.75, 3.05) is 45.6 Å². The van der Waals surface area contributed by atoms with Crippen molar-refractivity contribution in [2.45, 2.75) is 43.1 Å². The molecule has 3 rings (SSSR count). The molecule has 21 heavy (non-hydrogen) atoms. The summed E-state index contributed by atoms with van der Waals surface area (Å²) in [7, 11) is 1.84. The van der Waals surface area contributed by atoms with Crippen molar-refractivity contribution in [3.63, 3.8) is 0 Å². The van der Waals surface area contributed by atoms with Crippen LogP contribution in [-0.4, -0.2) is 73.8 Å². The molecule has 3 heterocycles.